The molecule has 2 N–H and O–H groups in total. The normalized spacial score (nSPS) is 10.8. The van der Waals surface area contributed by atoms with Crippen molar-refractivity contribution >= 4 is 12.1 Å². The zero-order valence-corrected chi connectivity index (χ0v) is 14.0. The van der Waals surface area contributed by atoms with Crippen molar-refractivity contribution in [3.05, 3.63) is 71.4 Å². The number of carbonyl (C=O) groups is 1. The molecular weight excluding hydrogens is 316 g/mol. The Kier molecular flexibility index (Phi) is 4.89. The highest BCUT2D eigenvalue weighted by Crippen LogP contribution is 2.22. The second-order valence-corrected chi connectivity index (χ2v) is 5.51. The Labute approximate surface area is 145 Å². The predicted molar refractivity (Wildman–Crippen MR) is 96.8 cm³/mol. The summed E-state index contributed by atoms with van der Waals surface area (Å²) in [5, 5.41) is 10.9. The number of ether oxygens (including phenoxy) is 1. The first-order valence-corrected chi connectivity index (χ1v) is 7.75. The molecule has 0 aliphatic rings. The van der Waals surface area contributed by atoms with Crippen molar-refractivity contribution in [1.82, 2.24) is 15.6 Å². The quantitative estimate of drug-likeness (QED) is 0.556. The fraction of sp³-hybridized carbons (Fsp3) is 0.105. The summed E-state index contributed by atoms with van der Waals surface area (Å²) in [6.45, 7) is 2.01. The van der Waals surface area contributed by atoms with Crippen LogP contribution in [0.2, 0.25) is 0 Å². The Hall–Kier alpha value is -3.41. The van der Waals surface area contributed by atoms with Crippen LogP contribution in [0.15, 0.2) is 59.7 Å². The molecule has 1 heterocycles. The van der Waals surface area contributed by atoms with Gasteiger partial charge in [0.2, 0.25) is 0 Å². The number of hydrogen-bond acceptors (Lipinski definition) is 4. The monoisotopic (exact) mass is 334 g/mol. The Morgan fingerprint density at radius 3 is 2.76 bits per heavy atom. The summed E-state index contributed by atoms with van der Waals surface area (Å²) in [7, 11) is 1.61. The maximum absolute atomic E-state index is 12.1. The highest BCUT2D eigenvalue weighted by molar-refractivity contribution is 5.94. The van der Waals surface area contributed by atoms with Gasteiger partial charge in [-0.25, -0.2) is 5.43 Å². The molecule has 0 aliphatic carbocycles. The van der Waals surface area contributed by atoms with E-state index in [-0.39, 0.29) is 5.91 Å². The average molecular weight is 334 g/mol. The average Bonchev–Trinajstić information content (AvgIpc) is 3.14. The zero-order chi connectivity index (χ0) is 17.6. The first-order valence-electron chi connectivity index (χ1n) is 7.75. The second kappa shape index (κ2) is 7.44. The molecule has 0 aliphatic heterocycles. The number of carbonyl (C=O) groups excluding carboxylic acids is 1. The number of nitrogens with zero attached hydrogens (tertiary/aromatic N) is 2. The number of methoxy groups -OCH3 is 1. The fourth-order valence-corrected chi connectivity index (χ4v) is 2.25. The van der Waals surface area contributed by atoms with Crippen molar-refractivity contribution in [3.63, 3.8) is 0 Å². The molecule has 1 aromatic heterocycles. The van der Waals surface area contributed by atoms with E-state index in [1.165, 1.54) is 5.56 Å². The van der Waals surface area contributed by atoms with Crippen molar-refractivity contribution in [2.24, 2.45) is 5.10 Å². The Bertz CT molecular complexity index is 898. The van der Waals surface area contributed by atoms with Gasteiger partial charge in [-0.2, -0.15) is 10.2 Å². The largest absolute Gasteiger partial charge is 0.497 e. The molecule has 6 heteroatoms. The SMILES string of the molecule is COc1cccc(-c2cc(C(=O)N/N=C/c3ccc(C)cc3)[nH]n2)c1. The highest BCUT2D eigenvalue weighted by atomic mass is 16.5. The first kappa shape index (κ1) is 16.4. The standard InChI is InChI=1S/C19H18N4O2/c1-13-6-8-14(9-7-13)12-20-23-19(24)18-11-17(21-22-18)15-4-3-5-16(10-15)25-2/h3-12H,1-2H3,(H,21,22)(H,23,24)/b20-12+. The number of aromatic nitrogens is 2. The van der Waals surface area contributed by atoms with Crippen LogP contribution in [0.3, 0.4) is 0 Å². The summed E-state index contributed by atoms with van der Waals surface area (Å²) in [4.78, 5) is 12.1. The van der Waals surface area contributed by atoms with Gasteiger partial charge >= 0.3 is 0 Å². The molecule has 0 spiro atoms. The number of hydrogen-bond donors (Lipinski definition) is 2. The van der Waals surface area contributed by atoms with E-state index in [1.807, 2.05) is 55.5 Å². The molecule has 0 saturated heterocycles. The summed E-state index contributed by atoms with van der Waals surface area (Å²) >= 11 is 0. The van der Waals surface area contributed by atoms with Crippen LogP contribution in [0.1, 0.15) is 21.6 Å². The van der Waals surface area contributed by atoms with Crippen LogP contribution in [0, 0.1) is 6.92 Å². The number of amides is 1. The van der Waals surface area contributed by atoms with Gasteiger partial charge in [-0.3, -0.25) is 9.89 Å². The van der Waals surface area contributed by atoms with Crippen molar-refractivity contribution in [2.45, 2.75) is 6.92 Å². The fourth-order valence-electron chi connectivity index (χ4n) is 2.25. The molecule has 25 heavy (non-hydrogen) atoms. The summed E-state index contributed by atoms with van der Waals surface area (Å²) < 4.78 is 5.20. The van der Waals surface area contributed by atoms with E-state index in [0.29, 0.717) is 11.4 Å². The van der Waals surface area contributed by atoms with Gasteiger partial charge in [-0.05, 0) is 30.7 Å². The topological polar surface area (TPSA) is 79.4 Å². The van der Waals surface area contributed by atoms with Gasteiger partial charge in [-0.1, -0.05) is 42.0 Å². The molecule has 0 atom stereocenters. The minimum absolute atomic E-state index is 0.332. The van der Waals surface area contributed by atoms with E-state index in [4.69, 9.17) is 4.74 Å². The van der Waals surface area contributed by atoms with E-state index in [1.54, 1.807) is 19.4 Å². The Morgan fingerprint density at radius 1 is 1.20 bits per heavy atom. The lowest BCUT2D eigenvalue weighted by molar-refractivity contribution is 0.0950. The van der Waals surface area contributed by atoms with Crippen LogP contribution in [0.4, 0.5) is 0 Å². The van der Waals surface area contributed by atoms with Gasteiger partial charge in [0.1, 0.15) is 11.4 Å². The number of aromatic amines is 1. The Morgan fingerprint density at radius 2 is 2.00 bits per heavy atom. The van der Waals surface area contributed by atoms with Gasteiger partial charge in [-0.15, -0.1) is 0 Å². The van der Waals surface area contributed by atoms with E-state index in [9.17, 15) is 4.79 Å². The number of hydrazone groups is 1. The number of rotatable bonds is 5. The zero-order valence-electron chi connectivity index (χ0n) is 14.0. The van der Waals surface area contributed by atoms with Gasteiger partial charge in [0.25, 0.3) is 5.91 Å². The molecule has 1 amide bonds. The summed E-state index contributed by atoms with van der Waals surface area (Å²) in [6, 6.07) is 17.0. The molecule has 0 bridgehead atoms. The van der Waals surface area contributed by atoms with Gasteiger partial charge < -0.3 is 4.74 Å². The molecule has 2 aromatic carbocycles. The lowest BCUT2D eigenvalue weighted by Crippen LogP contribution is -2.17. The van der Waals surface area contributed by atoms with Gasteiger partial charge in [0, 0.05) is 5.56 Å². The van der Waals surface area contributed by atoms with E-state index < -0.39 is 0 Å². The lowest BCUT2D eigenvalue weighted by atomic mass is 10.1. The van der Waals surface area contributed by atoms with Gasteiger partial charge in [0.15, 0.2) is 0 Å². The number of H-pyrrole nitrogens is 1. The van der Waals surface area contributed by atoms with Crippen LogP contribution in [0.25, 0.3) is 11.3 Å². The third-order valence-corrected chi connectivity index (χ3v) is 3.65. The third-order valence-electron chi connectivity index (χ3n) is 3.65. The lowest BCUT2D eigenvalue weighted by Gasteiger charge is -2.00. The maximum atomic E-state index is 12.1. The molecule has 126 valence electrons. The van der Waals surface area contributed by atoms with Crippen molar-refractivity contribution in [2.75, 3.05) is 7.11 Å². The second-order valence-electron chi connectivity index (χ2n) is 5.51. The summed E-state index contributed by atoms with van der Waals surface area (Å²) in [5.41, 5.74) is 6.41. The predicted octanol–water partition coefficient (Wildman–Crippen LogP) is 3.16. The van der Waals surface area contributed by atoms with E-state index in [0.717, 1.165) is 16.9 Å². The van der Waals surface area contributed by atoms with Crippen LogP contribution >= 0.6 is 0 Å². The molecule has 0 radical (unpaired) electrons. The van der Waals surface area contributed by atoms with Crippen LogP contribution < -0.4 is 10.2 Å². The number of aryl methyl sites for hydroxylation is 1. The van der Waals surface area contributed by atoms with Crippen molar-refractivity contribution < 1.29 is 9.53 Å². The van der Waals surface area contributed by atoms with Gasteiger partial charge in [0.05, 0.1) is 19.0 Å². The molecule has 0 saturated carbocycles. The van der Waals surface area contributed by atoms with Crippen LogP contribution in [-0.2, 0) is 0 Å². The minimum atomic E-state index is -0.356. The highest BCUT2D eigenvalue weighted by Gasteiger charge is 2.10. The maximum Gasteiger partial charge on any atom is 0.289 e. The van der Waals surface area contributed by atoms with Crippen LogP contribution in [0.5, 0.6) is 5.75 Å². The van der Waals surface area contributed by atoms with E-state index >= 15 is 0 Å². The number of nitrogens with one attached hydrogen (secondary N) is 2. The third kappa shape index (κ3) is 4.11. The molecule has 0 fully saturated rings. The minimum Gasteiger partial charge on any atom is -0.497 e. The Balaban J connectivity index is 1.67. The first-order chi connectivity index (χ1) is 12.2. The van der Waals surface area contributed by atoms with Crippen molar-refractivity contribution in [1.29, 1.82) is 0 Å². The van der Waals surface area contributed by atoms with Crippen LogP contribution in [-0.4, -0.2) is 29.4 Å². The molecule has 0 unspecified atom stereocenters. The number of benzene rings is 2. The van der Waals surface area contributed by atoms with E-state index in [2.05, 4.69) is 20.7 Å². The molecular formula is C19H18N4O2. The smallest absolute Gasteiger partial charge is 0.289 e. The molecule has 3 rings (SSSR count). The summed E-state index contributed by atoms with van der Waals surface area (Å²) in [6.07, 6.45) is 1.59. The molecule has 6 nitrogen and oxygen atoms in total. The molecule has 3 aromatic rings. The summed E-state index contributed by atoms with van der Waals surface area (Å²) in [5.74, 6) is 0.374. The van der Waals surface area contributed by atoms with Crippen molar-refractivity contribution in [3.8, 4) is 17.0 Å².